The fourth-order valence-corrected chi connectivity index (χ4v) is 9.72. The molecule has 9 N–H and O–H groups in total. The van der Waals surface area contributed by atoms with Crippen molar-refractivity contribution in [3.8, 4) is 22.6 Å². The summed E-state index contributed by atoms with van der Waals surface area (Å²) in [6.45, 7) is 7.44. The van der Waals surface area contributed by atoms with Crippen molar-refractivity contribution in [3.05, 3.63) is 86.0 Å². The Hall–Kier alpha value is -7.06. The van der Waals surface area contributed by atoms with Crippen molar-refractivity contribution in [2.75, 3.05) is 72.1 Å². The number of carbonyl (C=O) groups excluding carboxylic acids is 2. The lowest BCUT2D eigenvalue weighted by molar-refractivity contribution is -0.385. The topological polar surface area (TPSA) is 377 Å². The molecule has 26 nitrogen and oxygen atoms in total. The zero-order valence-corrected chi connectivity index (χ0v) is 43.7. The van der Waals surface area contributed by atoms with Crippen LogP contribution in [0.4, 0.5) is 5.69 Å². The minimum atomic E-state index is -4.79. The zero-order valence-electron chi connectivity index (χ0n) is 42.8. The monoisotopic (exact) mass is 1090 g/mol. The normalized spacial score (nSPS) is 16.4. The van der Waals surface area contributed by atoms with Gasteiger partial charge in [-0.2, -0.15) is 0 Å². The maximum absolute atomic E-state index is 13.4. The smallest absolute Gasteiger partial charge is 0.508 e. The highest BCUT2D eigenvalue weighted by Crippen LogP contribution is 2.46. The molecule has 0 spiro atoms. The average molecular weight is 1090 g/mol. The van der Waals surface area contributed by atoms with Crippen LogP contribution in [0.3, 0.4) is 0 Å². The first-order valence-electron chi connectivity index (χ1n) is 24.1. The van der Waals surface area contributed by atoms with Gasteiger partial charge in [-0.1, -0.05) is 17.7 Å². The van der Waals surface area contributed by atoms with Gasteiger partial charge >= 0.3 is 37.7 Å². The number of non-ortho nitro benzene ring substituents is 1. The maximum Gasteiger partial charge on any atom is 0.527 e. The van der Waals surface area contributed by atoms with Crippen LogP contribution in [0.5, 0.6) is 11.5 Å². The Labute approximate surface area is 437 Å². The molecule has 76 heavy (non-hydrogen) atoms. The maximum atomic E-state index is 13.4. The van der Waals surface area contributed by atoms with Crippen molar-refractivity contribution in [3.63, 3.8) is 0 Å². The van der Waals surface area contributed by atoms with Gasteiger partial charge in [0, 0.05) is 76.6 Å². The number of nitrogens with one attached hydrogen (secondary N) is 2. The Morgan fingerprint density at radius 1 is 0.684 bits per heavy atom. The summed E-state index contributed by atoms with van der Waals surface area (Å²) in [6.07, 6.45) is -2.18. The highest BCUT2D eigenvalue weighted by Gasteiger charge is 2.32. The van der Waals surface area contributed by atoms with Crippen molar-refractivity contribution in [2.45, 2.75) is 85.0 Å². The molecule has 1 aliphatic heterocycles. The van der Waals surface area contributed by atoms with Crippen LogP contribution in [0.25, 0.3) is 11.1 Å². The number of carboxylic acids is 5. The largest absolute Gasteiger partial charge is 0.527 e. The van der Waals surface area contributed by atoms with Gasteiger partial charge in [0.15, 0.2) is 0 Å². The number of nitro benzene ring substituents is 1. The number of nitro groups is 1. The van der Waals surface area contributed by atoms with E-state index in [-0.39, 0.29) is 94.5 Å². The Balaban J connectivity index is 1.61. The first kappa shape index (κ1) is 61.5. The van der Waals surface area contributed by atoms with Crippen molar-refractivity contribution in [1.82, 2.24) is 30.2 Å². The molecule has 4 rings (SSSR count). The van der Waals surface area contributed by atoms with Crippen molar-refractivity contribution >= 4 is 55.2 Å². The lowest BCUT2D eigenvalue weighted by Gasteiger charge is -2.36. The predicted molar refractivity (Wildman–Crippen MR) is 271 cm³/mol. The molecule has 1 saturated heterocycles. The second-order valence-corrected chi connectivity index (χ2v) is 20.0. The molecular weight excluding hydrogens is 1020 g/mol. The highest BCUT2D eigenvalue weighted by molar-refractivity contribution is 7.47. The number of phenols is 1. The molecule has 0 aromatic heterocycles. The van der Waals surface area contributed by atoms with Gasteiger partial charge in [-0.3, -0.25) is 63.1 Å². The molecule has 3 aromatic carbocycles. The van der Waals surface area contributed by atoms with Gasteiger partial charge in [0.2, 0.25) is 11.8 Å². The summed E-state index contributed by atoms with van der Waals surface area (Å²) in [7, 11) is -4.79. The molecule has 1 unspecified atom stereocenters. The molecule has 27 heteroatoms. The molecule has 3 aromatic rings. The number of hydrogen-bond acceptors (Lipinski definition) is 17. The number of amides is 2. The average Bonchev–Trinajstić information content (AvgIpc) is 3.30. The zero-order chi connectivity index (χ0) is 56.6. The third-order valence-electron chi connectivity index (χ3n) is 12.6. The Morgan fingerprint density at radius 2 is 1.18 bits per heavy atom. The van der Waals surface area contributed by atoms with Gasteiger partial charge in [-0.25, -0.2) is 14.2 Å². The second kappa shape index (κ2) is 28.2. The van der Waals surface area contributed by atoms with Crippen molar-refractivity contribution in [1.29, 1.82) is 0 Å². The van der Waals surface area contributed by atoms with Crippen LogP contribution in [0.2, 0.25) is 0 Å². The van der Waals surface area contributed by atoms with Crippen LogP contribution in [0.15, 0.2) is 42.5 Å². The number of carboxylic acid groups (broad SMARTS) is 5. The first-order chi connectivity index (χ1) is 35.6. The summed E-state index contributed by atoms with van der Waals surface area (Å²) in [4.78, 5) is 114. The molecular formula is C49H66N7O19P. The van der Waals surface area contributed by atoms with Gasteiger partial charge in [0.25, 0.3) is 5.69 Å². The van der Waals surface area contributed by atoms with E-state index in [4.69, 9.17) is 9.05 Å². The Morgan fingerprint density at radius 3 is 1.66 bits per heavy atom. The third kappa shape index (κ3) is 19.3. The van der Waals surface area contributed by atoms with Crippen LogP contribution in [-0.4, -0.2) is 192 Å². The molecule has 0 bridgehead atoms. The number of rotatable bonds is 25. The standard InChI is InChI=1S/C49H66N7O19P/c1-29-19-32(4)46(33(5)20-29)36-21-31(3)41(22-30(36)2)75-76(72,73)74-18-6-7-39(49(68)69)55-16-14-53(27-42(58)50-37(47(64)65)24-44(60)61)12-10-52(26-34-23-35(56(70)71)8-9-40(34)57)11-13-54(15-17-55)28-43(59)51-38(48(66)67)25-45(62)63/h8-9,19-23,37-39,57H,6-7,10-18,24-28H2,1-5H3,(H,50,58)(H,51,59)(H,60,61)(H,62,63)(H,64,65)(H,66,67)(H,68,69)(H,72,73)/t37-,38-,39+/m0/s1. The quantitative estimate of drug-likeness (QED) is 0.0255. The Bertz CT molecular complexity index is 2600. The molecule has 416 valence electrons. The van der Waals surface area contributed by atoms with Crippen LogP contribution in [0, 0.1) is 44.7 Å². The van der Waals surface area contributed by atoms with Crippen LogP contribution < -0.4 is 15.2 Å². The summed E-state index contributed by atoms with van der Waals surface area (Å²) in [5.41, 5.74) is 6.26. The molecule has 4 atom stereocenters. The fourth-order valence-electron chi connectivity index (χ4n) is 8.86. The summed E-state index contributed by atoms with van der Waals surface area (Å²) in [5, 5.41) is 75.1. The van der Waals surface area contributed by atoms with Gasteiger partial charge in [-0.05, 0) is 99.0 Å². The molecule has 0 radical (unpaired) electrons. The van der Waals surface area contributed by atoms with Crippen LogP contribution >= 0.6 is 7.82 Å². The third-order valence-corrected chi connectivity index (χ3v) is 13.5. The molecule has 2 amide bonds. The molecule has 1 fully saturated rings. The van der Waals surface area contributed by atoms with E-state index in [1.54, 1.807) is 17.9 Å². The van der Waals surface area contributed by atoms with E-state index in [0.29, 0.717) is 5.56 Å². The fraction of sp³-hybridized carbons (Fsp3) is 0.490. The number of phosphoric acid groups is 1. The predicted octanol–water partition coefficient (Wildman–Crippen LogP) is 2.75. The van der Waals surface area contributed by atoms with Gasteiger partial charge in [-0.15, -0.1) is 0 Å². The second-order valence-electron chi connectivity index (χ2n) is 18.6. The number of benzene rings is 3. The highest BCUT2D eigenvalue weighted by atomic mass is 31.2. The molecule has 0 saturated carbocycles. The lowest BCUT2D eigenvalue weighted by Crippen LogP contribution is -2.53. The number of carbonyl (C=O) groups is 7. The first-order valence-corrected chi connectivity index (χ1v) is 25.6. The minimum Gasteiger partial charge on any atom is -0.508 e. The summed E-state index contributed by atoms with van der Waals surface area (Å²) in [6, 6.07) is 6.04. The van der Waals surface area contributed by atoms with E-state index in [1.807, 2.05) is 33.8 Å². The van der Waals surface area contributed by atoms with E-state index in [1.165, 1.54) is 14.7 Å². The SMILES string of the molecule is Cc1cc(C)c(-c2cc(C)c(OP(=O)(O)OCCC[C@H](C(=O)O)N3CCN(CC(=O)N[C@@H](CC(=O)O)C(=O)O)CCN(Cc4cc([N+](=O)[O-])ccc4O)CCN(CC(=O)N[C@@H](CC(=O)O)C(=O)O)CC3)cc2C)c(C)c1. The van der Waals surface area contributed by atoms with Crippen LogP contribution in [0.1, 0.15) is 59.1 Å². The number of nitrogens with zero attached hydrogens (tertiary/aromatic N) is 5. The number of aromatic hydroxyl groups is 1. The van der Waals surface area contributed by atoms with E-state index in [9.17, 15) is 83.8 Å². The molecule has 1 aliphatic rings. The number of phosphoric ester groups is 1. The number of aryl methyl sites for hydroxylation is 5. The molecule has 1 heterocycles. The van der Waals surface area contributed by atoms with E-state index < -0.39 is 105 Å². The lowest BCUT2D eigenvalue weighted by atomic mass is 9.90. The van der Waals surface area contributed by atoms with Crippen molar-refractivity contribution < 1.29 is 87.6 Å². The Kier molecular flexibility index (Phi) is 22.8. The minimum absolute atomic E-state index is 0.0188. The molecule has 0 aliphatic carbocycles. The number of hydrogen-bond donors (Lipinski definition) is 9. The summed E-state index contributed by atoms with van der Waals surface area (Å²) < 4.78 is 24.2. The van der Waals surface area contributed by atoms with Gasteiger partial charge in [0.05, 0.1) is 37.5 Å². The van der Waals surface area contributed by atoms with Crippen molar-refractivity contribution in [2.24, 2.45) is 0 Å². The number of phenolic OH excluding ortho intramolecular Hbond substituents is 1. The summed E-state index contributed by atoms with van der Waals surface area (Å²) >= 11 is 0. The number of aliphatic carboxylic acids is 5. The van der Waals surface area contributed by atoms with Crippen LogP contribution in [-0.2, 0) is 49.2 Å². The van der Waals surface area contributed by atoms with Gasteiger partial charge in [0.1, 0.15) is 29.6 Å². The van der Waals surface area contributed by atoms with E-state index >= 15 is 0 Å². The van der Waals surface area contributed by atoms with E-state index in [0.717, 1.165) is 51.6 Å². The van der Waals surface area contributed by atoms with Gasteiger partial charge < -0.3 is 45.8 Å². The summed E-state index contributed by atoms with van der Waals surface area (Å²) in [5.74, 6) is -9.55. The van der Waals surface area contributed by atoms with E-state index in [2.05, 4.69) is 22.8 Å².